The first-order valence-electron chi connectivity index (χ1n) is 9.74. The molecule has 0 saturated heterocycles. The van der Waals surface area contributed by atoms with Crippen LogP contribution in [0.1, 0.15) is 54.0 Å². The van der Waals surface area contributed by atoms with E-state index >= 15 is 0 Å². The zero-order valence-corrected chi connectivity index (χ0v) is 18.7. The first-order chi connectivity index (χ1) is 14.9. The Labute approximate surface area is 181 Å². The van der Waals surface area contributed by atoms with E-state index in [2.05, 4.69) is 15.6 Å². The molecule has 0 aromatic heterocycles. The number of aliphatic hydroxyl groups excluding tert-OH is 1. The molecule has 0 radical (unpaired) electrons. The molecule has 0 aliphatic heterocycles. The standard InChI is InChI=1S/C15H10F3NO2.C3H9NO2.2C2H6/c1-8-2-3-12(11(16)4-8)19-15-10(7-21)5-9(6-20)13(17)14(15)18;1-4-6-3-2-5;2*1-2/h2-7,19H,1H3;4-5H,2-3H2,1H3;2*1-2H3. The lowest BCUT2D eigenvalue weighted by molar-refractivity contribution is 0.0314. The van der Waals surface area contributed by atoms with Gasteiger partial charge in [-0.3, -0.25) is 14.4 Å². The number of rotatable bonds is 7. The maximum atomic E-state index is 13.9. The van der Waals surface area contributed by atoms with Crippen LogP contribution in [0.5, 0.6) is 0 Å². The van der Waals surface area contributed by atoms with Crippen molar-refractivity contribution in [2.45, 2.75) is 34.6 Å². The minimum atomic E-state index is -1.42. The van der Waals surface area contributed by atoms with Gasteiger partial charge in [0.15, 0.2) is 24.2 Å². The number of aldehydes is 2. The molecule has 2 aromatic rings. The first kappa shape index (κ1) is 30.4. The van der Waals surface area contributed by atoms with E-state index in [1.165, 1.54) is 12.1 Å². The fourth-order valence-corrected chi connectivity index (χ4v) is 1.98. The fourth-order valence-electron chi connectivity index (χ4n) is 1.98. The molecule has 2 aromatic carbocycles. The van der Waals surface area contributed by atoms with Crippen LogP contribution in [-0.4, -0.2) is 37.9 Å². The summed E-state index contributed by atoms with van der Waals surface area (Å²) in [6.45, 7) is 10.1. The lowest BCUT2D eigenvalue weighted by atomic mass is 10.1. The smallest absolute Gasteiger partial charge is 0.183 e. The molecule has 31 heavy (non-hydrogen) atoms. The van der Waals surface area contributed by atoms with Crippen molar-refractivity contribution in [1.82, 2.24) is 5.48 Å². The molecule has 0 aliphatic rings. The van der Waals surface area contributed by atoms with Crippen molar-refractivity contribution < 1.29 is 32.7 Å². The van der Waals surface area contributed by atoms with E-state index < -0.39 is 28.7 Å². The SMILES string of the molecule is CC.CC.CNOCCO.Cc1ccc(Nc2c(C=O)cc(C=O)c(F)c2F)c(F)c1. The fraction of sp³-hybridized carbons (Fsp3) is 0.364. The maximum Gasteiger partial charge on any atom is 0.183 e. The van der Waals surface area contributed by atoms with Crippen molar-refractivity contribution >= 4 is 23.9 Å². The Morgan fingerprint density at radius 1 is 0.968 bits per heavy atom. The molecule has 0 spiro atoms. The zero-order chi connectivity index (χ0) is 24.4. The summed E-state index contributed by atoms with van der Waals surface area (Å²) in [7, 11) is 1.65. The minimum absolute atomic E-state index is 0.0703. The highest BCUT2D eigenvalue weighted by atomic mass is 19.2. The number of hydrogen-bond acceptors (Lipinski definition) is 6. The van der Waals surface area contributed by atoms with Crippen LogP contribution in [0.3, 0.4) is 0 Å². The molecule has 3 N–H and O–H groups in total. The summed E-state index contributed by atoms with van der Waals surface area (Å²) < 4.78 is 41.2. The summed E-state index contributed by atoms with van der Waals surface area (Å²) in [6, 6.07) is 5.01. The van der Waals surface area contributed by atoms with Crippen molar-refractivity contribution in [3.05, 3.63) is 58.4 Å². The van der Waals surface area contributed by atoms with Crippen LogP contribution in [0.4, 0.5) is 24.5 Å². The number of halogens is 3. The average Bonchev–Trinajstić information content (AvgIpc) is 2.80. The molecule has 0 saturated carbocycles. The van der Waals surface area contributed by atoms with E-state index in [1.807, 2.05) is 27.7 Å². The summed E-state index contributed by atoms with van der Waals surface area (Å²) in [6.07, 6.45) is 0.353. The summed E-state index contributed by atoms with van der Waals surface area (Å²) in [5.41, 5.74) is 1.57. The van der Waals surface area contributed by atoms with Gasteiger partial charge in [-0.15, -0.1) is 0 Å². The Morgan fingerprint density at radius 2 is 1.55 bits per heavy atom. The number of aliphatic hydroxyl groups is 1. The number of nitrogens with one attached hydrogen (secondary N) is 2. The molecule has 0 aliphatic carbocycles. The van der Waals surface area contributed by atoms with Crippen LogP contribution in [0.2, 0.25) is 0 Å². The largest absolute Gasteiger partial charge is 0.394 e. The van der Waals surface area contributed by atoms with Gasteiger partial charge in [0, 0.05) is 12.6 Å². The summed E-state index contributed by atoms with van der Waals surface area (Å²) in [4.78, 5) is 26.0. The molecular formula is C22H31F3N2O4. The highest BCUT2D eigenvalue weighted by molar-refractivity contribution is 5.90. The van der Waals surface area contributed by atoms with Gasteiger partial charge in [0.05, 0.1) is 30.2 Å². The number of carbonyl (C=O) groups is 2. The van der Waals surface area contributed by atoms with Crippen LogP contribution in [-0.2, 0) is 4.84 Å². The van der Waals surface area contributed by atoms with Gasteiger partial charge in [0.2, 0.25) is 0 Å². The van der Waals surface area contributed by atoms with Gasteiger partial charge in [0.25, 0.3) is 0 Å². The van der Waals surface area contributed by atoms with E-state index in [0.717, 1.165) is 6.07 Å². The predicted octanol–water partition coefficient (Wildman–Crippen LogP) is 4.96. The van der Waals surface area contributed by atoms with E-state index in [1.54, 1.807) is 20.0 Å². The van der Waals surface area contributed by atoms with Crippen LogP contribution >= 0.6 is 0 Å². The lowest BCUT2D eigenvalue weighted by Crippen LogP contribution is -2.10. The van der Waals surface area contributed by atoms with Gasteiger partial charge in [-0.2, -0.15) is 0 Å². The van der Waals surface area contributed by atoms with Gasteiger partial charge in [-0.25, -0.2) is 18.7 Å². The van der Waals surface area contributed by atoms with Crippen molar-refractivity contribution in [1.29, 1.82) is 0 Å². The number of benzene rings is 2. The molecule has 9 heteroatoms. The van der Waals surface area contributed by atoms with Crippen molar-refractivity contribution in [3.8, 4) is 0 Å². The molecular weight excluding hydrogens is 413 g/mol. The topological polar surface area (TPSA) is 87.7 Å². The molecule has 0 bridgehead atoms. The van der Waals surface area contributed by atoms with Gasteiger partial charge in [0.1, 0.15) is 5.82 Å². The highest BCUT2D eigenvalue weighted by Crippen LogP contribution is 2.28. The average molecular weight is 444 g/mol. The molecule has 0 heterocycles. The maximum absolute atomic E-state index is 13.9. The van der Waals surface area contributed by atoms with Crippen LogP contribution in [0.25, 0.3) is 0 Å². The number of anilines is 2. The number of aryl methyl sites for hydroxylation is 1. The summed E-state index contributed by atoms with van der Waals surface area (Å²) >= 11 is 0. The first-order valence-corrected chi connectivity index (χ1v) is 9.74. The van der Waals surface area contributed by atoms with Gasteiger partial charge >= 0.3 is 0 Å². The Hall–Kier alpha value is -2.75. The van der Waals surface area contributed by atoms with Crippen molar-refractivity contribution in [2.24, 2.45) is 0 Å². The molecule has 6 nitrogen and oxygen atoms in total. The third kappa shape index (κ3) is 10.2. The zero-order valence-electron chi connectivity index (χ0n) is 18.7. The monoisotopic (exact) mass is 444 g/mol. The Kier molecular flexibility index (Phi) is 17.7. The molecule has 0 atom stereocenters. The molecule has 0 amide bonds. The summed E-state index contributed by atoms with van der Waals surface area (Å²) in [5.74, 6) is -3.49. The van der Waals surface area contributed by atoms with E-state index in [4.69, 9.17) is 5.11 Å². The van der Waals surface area contributed by atoms with E-state index in [0.29, 0.717) is 12.2 Å². The Balaban J connectivity index is 0. The highest BCUT2D eigenvalue weighted by Gasteiger charge is 2.19. The van der Waals surface area contributed by atoms with Gasteiger partial charge in [-0.05, 0) is 30.7 Å². The minimum Gasteiger partial charge on any atom is -0.394 e. The Bertz CT molecular complexity index is 799. The van der Waals surface area contributed by atoms with Gasteiger partial charge in [-0.1, -0.05) is 33.8 Å². The second-order valence-corrected chi connectivity index (χ2v) is 5.18. The second kappa shape index (κ2) is 18.1. The molecule has 174 valence electrons. The quantitative estimate of drug-likeness (QED) is 0.318. The number of hydrogen-bond donors (Lipinski definition) is 3. The van der Waals surface area contributed by atoms with Crippen LogP contribution in [0, 0.1) is 24.4 Å². The predicted molar refractivity (Wildman–Crippen MR) is 116 cm³/mol. The third-order valence-corrected chi connectivity index (χ3v) is 3.24. The second-order valence-electron chi connectivity index (χ2n) is 5.18. The van der Waals surface area contributed by atoms with Crippen LogP contribution in [0.15, 0.2) is 24.3 Å². The molecule has 0 fully saturated rings. The van der Waals surface area contributed by atoms with E-state index in [-0.39, 0.29) is 30.4 Å². The van der Waals surface area contributed by atoms with Crippen LogP contribution < -0.4 is 10.8 Å². The summed E-state index contributed by atoms with van der Waals surface area (Å²) in [5, 5.41) is 10.4. The van der Waals surface area contributed by atoms with E-state index in [9.17, 15) is 22.8 Å². The third-order valence-electron chi connectivity index (χ3n) is 3.24. The normalized spacial score (nSPS) is 9.10. The number of hydroxylamine groups is 1. The van der Waals surface area contributed by atoms with Crippen molar-refractivity contribution in [2.75, 3.05) is 25.6 Å². The molecule has 2 rings (SSSR count). The van der Waals surface area contributed by atoms with Gasteiger partial charge < -0.3 is 10.4 Å². The molecule has 0 unspecified atom stereocenters. The lowest BCUT2D eigenvalue weighted by Gasteiger charge is -2.12. The number of carbonyl (C=O) groups excluding carboxylic acids is 2. The van der Waals surface area contributed by atoms with Crippen molar-refractivity contribution in [3.63, 3.8) is 0 Å². The Morgan fingerprint density at radius 3 is 1.97 bits per heavy atom.